The highest BCUT2D eigenvalue weighted by atomic mass is 79.9. The van der Waals surface area contributed by atoms with Crippen molar-refractivity contribution in [3.05, 3.63) is 28.5 Å². The van der Waals surface area contributed by atoms with Gasteiger partial charge in [-0.15, -0.1) is 0 Å². The number of halogens is 1. The molecule has 1 aromatic rings. The zero-order valence-corrected chi connectivity index (χ0v) is 14.2. The number of carbonyl (C=O) groups excluding carboxylic acids is 1. The molecule has 0 saturated heterocycles. The molecule has 0 unspecified atom stereocenters. The monoisotopic (exact) mass is 341 g/mol. The number of aromatic nitrogens is 1. The molecule has 0 N–H and O–H groups in total. The molecule has 0 spiro atoms. The Morgan fingerprint density at radius 1 is 1.15 bits per heavy atom. The van der Waals surface area contributed by atoms with Crippen molar-refractivity contribution in [3.8, 4) is 0 Å². The van der Waals surface area contributed by atoms with E-state index in [-0.39, 0.29) is 5.91 Å². The maximum Gasteiger partial charge on any atom is 0.272 e. The van der Waals surface area contributed by atoms with E-state index in [0.717, 1.165) is 43.6 Å². The van der Waals surface area contributed by atoms with Gasteiger partial charge < -0.3 is 9.80 Å². The molecule has 0 atom stereocenters. The van der Waals surface area contributed by atoms with E-state index in [1.807, 2.05) is 17.9 Å². The summed E-state index contributed by atoms with van der Waals surface area (Å²) in [6, 6.07) is 3.61. The molecule has 1 aromatic heterocycles. The molecule has 0 aliphatic carbocycles. The number of pyridine rings is 1. The summed E-state index contributed by atoms with van der Waals surface area (Å²) >= 11 is 3.33. The van der Waals surface area contributed by atoms with Crippen molar-refractivity contribution in [3.63, 3.8) is 0 Å². The van der Waals surface area contributed by atoms with Gasteiger partial charge >= 0.3 is 0 Å². The van der Waals surface area contributed by atoms with Gasteiger partial charge in [0.25, 0.3) is 5.91 Å². The third-order valence-corrected chi connectivity index (χ3v) is 3.88. The summed E-state index contributed by atoms with van der Waals surface area (Å²) in [5.74, 6) is 0.0135. The first-order valence-electron chi connectivity index (χ1n) is 7.25. The molecule has 112 valence electrons. The van der Waals surface area contributed by atoms with Crippen LogP contribution in [0.4, 0.5) is 0 Å². The normalized spacial score (nSPS) is 10.8. The van der Waals surface area contributed by atoms with Crippen molar-refractivity contribution in [1.29, 1.82) is 0 Å². The van der Waals surface area contributed by atoms with Crippen molar-refractivity contribution in [1.82, 2.24) is 14.8 Å². The van der Waals surface area contributed by atoms with Crippen molar-refractivity contribution < 1.29 is 4.79 Å². The van der Waals surface area contributed by atoms with Crippen LogP contribution in [-0.2, 0) is 0 Å². The average molecular weight is 342 g/mol. The van der Waals surface area contributed by atoms with Gasteiger partial charge in [-0.25, -0.2) is 4.98 Å². The number of rotatable bonds is 8. The van der Waals surface area contributed by atoms with E-state index >= 15 is 0 Å². The highest BCUT2D eigenvalue weighted by Gasteiger charge is 2.15. The minimum Gasteiger partial charge on any atom is -0.338 e. The van der Waals surface area contributed by atoms with Crippen LogP contribution in [0.2, 0.25) is 0 Å². The smallest absolute Gasteiger partial charge is 0.272 e. The lowest BCUT2D eigenvalue weighted by atomic mass is 10.3. The third kappa shape index (κ3) is 5.21. The molecule has 1 rings (SSSR count). The third-order valence-electron chi connectivity index (χ3n) is 3.41. The highest BCUT2D eigenvalue weighted by Crippen LogP contribution is 2.09. The molecule has 0 radical (unpaired) electrons. The number of nitrogens with zero attached hydrogens (tertiary/aromatic N) is 3. The second-order valence-electron chi connectivity index (χ2n) is 4.63. The predicted octanol–water partition coefficient (Wildman–Crippen LogP) is 3.04. The molecule has 0 aliphatic rings. The summed E-state index contributed by atoms with van der Waals surface area (Å²) in [6.07, 6.45) is 2.66. The Kier molecular flexibility index (Phi) is 7.77. The summed E-state index contributed by atoms with van der Waals surface area (Å²) < 4.78 is 0.888. The summed E-state index contributed by atoms with van der Waals surface area (Å²) in [4.78, 5) is 20.7. The molecule has 5 heteroatoms. The van der Waals surface area contributed by atoms with E-state index in [1.54, 1.807) is 12.3 Å². The average Bonchev–Trinajstić information content (AvgIpc) is 2.48. The Hall–Kier alpha value is -0.940. The predicted molar refractivity (Wildman–Crippen MR) is 85.9 cm³/mol. The first-order chi connectivity index (χ1) is 9.62. The number of hydrogen-bond donors (Lipinski definition) is 0. The van der Waals surface area contributed by atoms with Gasteiger partial charge in [-0.1, -0.05) is 13.8 Å². The highest BCUT2D eigenvalue weighted by molar-refractivity contribution is 9.10. The summed E-state index contributed by atoms with van der Waals surface area (Å²) in [5, 5.41) is 0. The molecular weight excluding hydrogens is 318 g/mol. The van der Waals surface area contributed by atoms with Crippen molar-refractivity contribution in [2.24, 2.45) is 0 Å². The van der Waals surface area contributed by atoms with E-state index in [2.05, 4.69) is 39.7 Å². The largest absolute Gasteiger partial charge is 0.338 e. The van der Waals surface area contributed by atoms with Crippen LogP contribution in [0.3, 0.4) is 0 Å². The first-order valence-corrected chi connectivity index (χ1v) is 8.04. The van der Waals surface area contributed by atoms with Crippen molar-refractivity contribution in [2.75, 3.05) is 32.7 Å². The molecule has 1 heterocycles. The molecule has 0 aromatic carbocycles. The van der Waals surface area contributed by atoms with E-state index in [0.29, 0.717) is 5.69 Å². The zero-order valence-electron chi connectivity index (χ0n) is 12.6. The topological polar surface area (TPSA) is 36.4 Å². The Morgan fingerprint density at radius 2 is 1.85 bits per heavy atom. The van der Waals surface area contributed by atoms with Crippen LogP contribution in [-0.4, -0.2) is 53.4 Å². The van der Waals surface area contributed by atoms with Gasteiger partial charge in [0.05, 0.1) is 0 Å². The Balaban J connectivity index is 2.53. The lowest BCUT2D eigenvalue weighted by Crippen LogP contribution is -2.34. The fraction of sp³-hybridized carbons (Fsp3) is 0.600. The Morgan fingerprint density at radius 3 is 2.35 bits per heavy atom. The van der Waals surface area contributed by atoms with Gasteiger partial charge in [0.15, 0.2) is 0 Å². The lowest BCUT2D eigenvalue weighted by Gasteiger charge is -2.23. The Labute approximate surface area is 130 Å². The summed E-state index contributed by atoms with van der Waals surface area (Å²) in [6.45, 7) is 11.0. The fourth-order valence-corrected chi connectivity index (χ4v) is 2.33. The number of hydrogen-bond acceptors (Lipinski definition) is 3. The molecule has 0 bridgehead atoms. The van der Waals surface area contributed by atoms with Crippen LogP contribution in [0.15, 0.2) is 22.8 Å². The summed E-state index contributed by atoms with van der Waals surface area (Å²) in [7, 11) is 0. The Bertz CT molecular complexity index is 404. The zero-order chi connectivity index (χ0) is 15.0. The molecule has 0 aliphatic heterocycles. The lowest BCUT2D eigenvalue weighted by molar-refractivity contribution is 0.0751. The van der Waals surface area contributed by atoms with Gasteiger partial charge in [0.2, 0.25) is 0 Å². The molecule has 1 amide bonds. The van der Waals surface area contributed by atoms with Gasteiger partial charge in [0.1, 0.15) is 5.69 Å². The van der Waals surface area contributed by atoms with Crippen LogP contribution in [0.5, 0.6) is 0 Å². The van der Waals surface area contributed by atoms with E-state index in [9.17, 15) is 4.79 Å². The van der Waals surface area contributed by atoms with E-state index < -0.39 is 0 Å². The molecular formula is C15H24BrN3O. The minimum absolute atomic E-state index is 0.0135. The SMILES string of the molecule is CCN(CC)CCCN(CC)C(=O)c1ccc(Br)cn1. The molecule has 0 fully saturated rings. The van der Waals surface area contributed by atoms with Crippen LogP contribution in [0.1, 0.15) is 37.7 Å². The number of carbonyl (C=O) groups is 1. The minimum atomic E-state index is 0.0135. The second-order valence-corrected chi connectivity index (χ2v) is 5.54. The molecule has 4 nitrogen and oxygen atoms in total. The van der Waals surface area contributed by atoms with E-state index in [1.165, 1.54) is 0 Å². The van der Waals surface area contributed by atoms with Crippen LogP contribution in [0, 0.1) is 0 Å². The van der Waals surface area contributed by atoms with Crippen molar-refractivity contribution in [2.45, 2.75) is 27.2 Å². The number of amides is 1. The van der Waals surface area contributed by atoms with Gasteiger partial charge in [0, 0.05) is 23.8 Å². The van der Waals surface area contributed by atoms with Gasteiger partial charge in [-0.3, -0.25) is 4.79 Å². The summed E-state index contributed by atoms with van der Waals surface area (Å²) in [5.41, 5.74) is 0.512. The second kappa shape index (κ2) is 9.08. The fourth-order valence-electron chi connectivity index (χ4n) is 2.09. The maximum atomic E-state index is 12.3. The van der Waals surface area contributed by atoms with Gasteiger partial charge in [-0.05, 0) is 61.0 Å². The van der Waals surface area contributed by atoms with Crippen molar-refractivity contribution >= 4 is 21.8 Å². The van der Waals surface area contributed by atoms with Gasteiger partial charge in [-0.2, -0.15) is 0 Å². The van der Waals surface area contributed by atoms with Crippen LogP contribution in [0.25, 0.3) is 0 Å². The standard InChI is InChI=1S/C15H24BrN3O/c1-4-18(5-2)10-7-11-19(6-3)15(20)14-9-8-13(16)12-17-14/h8-9,12H,4-7,10-11H2,1-3H3. The molecule has 20 heavy (non-hydrogen) atoms. The van der Waals surface area contributed by atoms with Crippen LogP contribution < -0.4 is 0 Å². The maximum absolute atomic E-state index is 12.3. The molecule has 0 saturated carbocycles. The first kappa shape index (κ1) is 17.1. The van der Waals surface area contributed by atoms with E-state index in [4.69, 9.17) is 0 Å². The van der Waals surface area contributed by atoms with Crippen LogP contribution >= 0.6 is 15.9 Å². The quantitative estimate of drug-likeness (QED) is 0.729.